The Kier molecular flexibility index (Phi) is 5.23. The number of hydrogen-bond acceptors (Lipinski definition) is 4. The molecule has 1 fully saturated rings. The fourth-order valence-corrected chi connectivity index (χ4v) is 2.65. The molecule has 2 rings (SSSR count). The lowest BCUT2D eigenvalue weighted by Crippen LogP contribution is -2.38. The number of primary amides is 1. The molecule has 2 atom stereocenters. The van der Waals surface area contributed by atoms with Gasteiger partial charge in [-0.15, -0.1) is 0 Å². The van der Waals surface area contributed by atoms with Crippen LogP contribution in [0.1, 0.15) is 24.4 Å². The largest absolute Gasteiger partial charge is 0.496 e. The monoisotopic (exact) mass is 298 g/mol. The van der Waals surface area contributed by atoms with Crippen molar-refractivity contribution in [2.24, 2.45) is 5.73 Å². The lowest BCUT2D eigenvalue weighted by atomic mass is 10.0. The van der Waals surface area contributed by atoms with Gasteiger partial charge in [0.15, 0.2) is 0 Å². The molecule has 20 heavy (non-hydrogen) atoms. The zero-order chi connectivity index (χ0) is 14.5. The Balaban J connectivity index is 2.17. The van der Waals surface area contributed by atoms with Crippen LogP contribution < -0.4 is 15.8 Å². The van der Waals surface area contributed by atoms with Gasteiger partial charge in [0.25, 0.3) is 0 Å². The van der Waals surface area contributed by atoms with Crippen LogP contribution in [0.3, 0.4) is 0 Å². The van der Waals surface area contributed by atoms with Gasteiger partial charge in [-0.1, -0.05) is 17.7 Å². The van der Waals surface area contributed by atoms with Gasteiger partial charge in [0.2, 0.25) is 5.91 Å². The lowest BCUT2D eigenvalue weighted by molar-refractivity contribution is -0.120. The van der Waals surface area contributed by atoms with E-state index in [1.54, 1.807) is 18.2 Å². The maximum atomic E-state index is 11.7. The van der Waals surface area contributed by atoms with Crippen LogP contribution in [0.5, 0.6) is 5.75 Å². The van der Waals surface area contributed by atoms with E-state index in [0.717, 1.165) is 19.4 Å². The summed E-state index contributed by atoms with van der Waals surface area (Å²) < 4.78 is 10.8. The van der Waals surface area contributed by atoms with Gasteiger partial charge in [0.1, 0.15) is 11.8 Å². The number of amides is 1. The third-order valence-corrected chi connectivity index (χ3v) is 3.71. The van der Waals surface area contributed by atoms with Crippen molar-refractivity contribution in [3.63, 3.8) is 0 Å². The number of hydrogen-bond donors (Lipinski definition) is 2. The normalized spacial score (nSPS) is 19.8. The molecule has 0 spiro atoms. The van der Waals surface area contributed by atoms with E-state index in [2.05, 4.69) is 5.32 Å². The first-order chi connectivity index (χ1) is 9.63. The number of halogens is 1. The molecule has 2 unspecified atom stereocenters. The quantitative estimate of drug-likeness (QED) is 0.837. The van der Waals surface area contributed by atoms with Crippen molar-refractivity contribution in [3.8, 4) is 5.75 Å². The highest BCUT2D eigenvalue weighted by molar-refractivity contribution is 6.31. The molecule has 3 N–H and O–H groups in total. The van der Waals surface area contributed by atoms with E-state index in [0.29, 0.717) is 22.9 Å². The fraction of sp³-hybridized carbons (Fsp3) is 0.500. The Hall–Kier alpha value is -1.30. The number of rotatable bonds is 6. The first kappa shape index (κ1) is 15.1. The SMILES string of the molecule is COc1cccc(Cl)c1C(NCC1CCCO1)C(N)=O. The molecule has 1 heterocycles. The minimum absolute atomic E-state index is 0.116. The summed E-state index contributed by atoms with van der Waals surface area (Å²) in [6.07, 6.45) is 2.14. The van der Waals surface area contributed by atoms with E-state index in [1.165, 1.54) is 7.11 Å². The molecular formula is C14H19ClN2O3. The molecule has 1 amide bonds. The molecule has 110 valence electrons. The maximum absolute atomic E-state index is 11.7. The Bertz CT molecular complexity index is 475. The van der Waals surface area contributed by atoms with Crippen LogP contribution in [-0.2, 0) is 9.53 Å². The molecule has 1 aliphatic heterocycles. The van der Waals surface area contributed by atoms with Gasteiger partial charge in [0.05, 0.1) is 13.2 Å². The predicted octanol–water partition coefficient (Wildman–Crippen LogP) is 1.64. The van der Waals surface area contributed by atoms with Gasteiger partial charge in [-0.25, -0.2) is 0 Å². The molecule has 0 aliphatic carbocycles. The van der Waals surface area contributed by atoms with Gasteiger partial charge < -0.3 is 15.2 Å². The van der Waals surface area contributed by atoms with Gasteiger partial charge in [-0.05, 0) is 25.0 Å². The smallest absolute Gasteiger partial charge is 0.239 e. The minimum Gasteiger partial charge on any atom is -0.496 e. The highest BCUT2D eigenvalue weighted by atomic mass is 35.5. The maximum Gasteiger partial charge on any atom is 0.239 e. The zero-order valence-corrected chi connectivity index (χ0v) is 12.2. The molecule has 0 radical (unpaired) electrons. The van der Waals surface area contributed by atoms with E-state index in [4.69, 9.17) is 26.8 Å². The molecule has 1 aromatic rings. The summed E-state index contributed by atoms with van der Waals surface area (Å²) in [5.74, 6) is 0.0514. The van der Waals surface area contributed by atoms with Crippen LogP contribution >= 0.6 is 11.6 Å². The standard InChI is InChI=1S/C14H19ClN2O3/c1-19-11-6-2-5-10(15)12(11)13(14(16)18)17-8-9-4-3-7-20-9/h2,5-6,9,13,17H,3-4,7-8H2,1H3,(H2,16,18). The van der Waals surface area contributed by atoms with Crippen molar-refractivity contribution in [2.75, 3.05) is 20.3 Å². The fourth-order valence-electron chi connectivity index (χ4n) is 2.37. The van der Waals surface area contributed by atoms with E-state index in [-0.39, 0.29) is 6.10 Å². The first-order valence-corrected chi connectivity index (χ1v) is 6.98. The molecular weight excluding hydrogens is 280 g/mol. The molecule has 6 heteroatoms. The molecule has 0 saturated carbocycles. The van der Waals surface area contributed by atoms with Crippen LogP contribution in [0.25, 0.3) is 0 Å². The Labute approximate surface area is 123 Å². The Morgan fingerprint density at radius 1 is 1.65 bits per heavy atom. The highest BCUT2D eigenvalue weighted by Crippen LogP contribution is 2.32. The summed E-state index contributed by atoms with van der Waals surface area (Å²) in [4.78, 5) is 11.7. The van der Waals surface area contributed by atoms with Crippen molar-refractivity contribution in [2.45, 2.75) is 25.0 Å². The van der Waals surface area contributed by atoms with Crippen molar-refractivity contribution < 1.29 is 14.3 Å². The molecule has 0 aromatic heterocycles. The second-order valence-electron chi connectivity index (χ2n) is 4.73. The summed E-state index contributed by atoms with van der Waals surface area (Å²) >= 11 is 6.18. The van der Waals surface area contributed by atoms with Gasteiger partial charge in [-0.3, -0.25) is 10.1 Å². The average molecular weight is 299 g/mol. The second kappa shape index (κ2) is 6.92. The highest BCUT2D eigenvalue weighted by Gasteiger charge is 2.26. The summed E-state index contributed by atoms with van der Waals surface area (Å²) in [6.45, 7) is 1.32. The lowest BCUT2D eigenvalue weighted by Gasteiger charge is -2.21. The van der Waals surface area contributed by atoms with Gasteiger partial charge >= 0.3 is 0 Å². The number of benzene rings is 1. The number of nitrogens with one attached hydrogen (secondary N) is 1. The minimum atomic E-state index is -0.692. The molecule has 1 aromatic carbocycles. The van der Waals surface area contributed by atoms with Crippen LogP contribution in [0.2, 0.25) is 5.02 Å². The number of carbonyl (C=O) groups is 1. The summed E-state index contributed by atoms with van der Waals surface area (Å²) in [7, 11) is 1.54. The number of methoxy groups -OCH3 is 1. The van der Waals surface area contributed by atoms with Crippen molar-refractivity contribution >= 4 is 17.5 Å². The predicted molar refractivity (Wildman–Crippen MR) is 76.9 cm³/mol. The Morgan fingerprint density at radius 2 is 2.45 bits per heavy atom. The van der Waals surface area contributed by atoms with Crippen molar-refractivity contribution in [1.82, 2.24) is 5.32 Å². The third kappa shape index (κ3) is 3.42. The van der Waals surface area contributed by atoms with Crippen LogP contribution in [0.4, 0.5) is 0 Å². The van der Waals surface area contributed by atoms with E-state index in [1.807, 2.05) is 0 Å². The molecule has 1 saturated heterocycles. The van der Waals surface area contributed by atoms with Gasteiger partial charge in [-0.2, -0.15) is 0 Å². The van der Waals surface area contributed by atoms with Crippen molar-refractivity contribution in [3.05, 3.63) is 28.8 Å². The summed E-state index contributed by atoms with van der Waals surface area (Å²) in [5.41, 5.74) is 6.06. The molecule has 1 aliphatic rings. The van der Waals surface area contributed by atoms with Crippen LogP contribution in [0, 0.1) is 0 Å². The number of carbonyl (C=O) groups excluding carboxylic acids is 1. The van der Waals surface area contributed by atoms with E-state index < -0.39 is 11.9 Å². The number of nitrogens with two attached hydrogens (primary N) is 1. The third-order valence-electron chi connectivity index (χ3n) is 3.38. The average Bonchev–Trinajstić information content (AvgIpc) is 2.93. The summed E-state index contributed by atoms with van der Waals surface area (Å²) in [6, 6.07) is 4.54. The number of ether oxygens (including phenoxy) is 2. The van der Waals surface area contributed by atoms with Gasteiger partial charge in [0, 0.05) is 23.7 Å². The van der Waals surface area contributed by atoms with E-state index in [9.17, 15) is 4.79 Å². The zero-order valence-electron chi connectivity index (χ0n) is 11.4. The second-order valence-corrected chi connectivity index (χ2v) is 5.14. The topological polar surface area (TPSA) is 73.6 Å². The Morgan fingerprint density at radius 3 is 3.05 bits per heavy atom. The van der Waals surface area contributed by atoms with Crippen LogP contribution in [0.15, 0.2) is 18.2 Å². The first-order valence-electron chi connectivity index (χ1n) is 6.60. The van der Waals surface area contributed by atoms with Crippen molar-refractivity contribution in [1.29, 1.82) is 0 Å². The summed E-state index contributed by atoms with van der Waals surface area (Å²) in [5, 5.41) is 3.58. The molecule has 0 bridgehead atoms. The van der Waals surface area contributed by atoms with Crippen LogP contribution in [-0.4, -0.2) is 32.3 Å². The van der Waals surface area contributed by atoms with E-state index >= 15 is 0 Å². The molecule has 5 nitrogen and oxygen atoms in total.